The second kappa shape index (κ2) is 8.25. The molecular formula is C20H27N3O2S. The third-order valence-corrected chi connectivity index (χ3v) is 6.29. The van der Waals surface area contributed by atoms with Crippen molar-refractivity contribution in [3.05, 3.63) is 29.8 Å². The van der Waals surface area contributed by atoms with Gasteiger partial charge in [-0.3, -0.25) is 4.79 Å². The van der Waals surface area contributed by atoms with E-state index in [1.165, 1.54) is 24.6 Å². The zero-order valence-electron chi connectivity index (χ0n) is 15.9. The van der Waals surface area contributed by atoms with E-state index in [1.54, 1.807) is 0 Å². The first-order valence-electron chi connectivity index (χ1n) is 9.31. The Balaban J connectivity index is 1.59. The van der Waals surface area contributed by atoms with Crippen LogP contribution < -0.4 is 5.32 Å². The first-order valence-corrected chi connectivity index (χ1v) is 10.2. The van der Waals surface area contributed by atoms with Crippen molar-refractivity contribution in [1.82, 2.24) is 15.5 Å². The Hall–Kier alpha value is -1.82. The molecule has 0 radical (unpaired) electrons. The summed E-state index contributed by atoms with van der Waals surface area (Å²) in [5.74, 6) is 1.70. The van der Waals surface area contributed by atoms with Crippen molar-refractivity contribution in [1.29, 1.82) is 0 Å². The molecule has 5 nitrogen and oxygen atoms in total. The van der Waals surface area contributed by atoms with Crippen LogP contribution in [0.25, 0.3) is 11.5 Å². The number of hydrogen-bond donors (Lipinski definition) is 1. The van der Waals surface area contributed by atoms with E-state index in [0.717, 1.165) is 17.5 Å². The van der Waals surface area contributed by atoms with Crippen LogP contribution in [0.5, 0.6) is 0 Å². The molecule has 140 valence electrons. The second-order valence-corrected chi connectivity index (χ2v) is 8.68. The normalized spacial score (nSPS) is 24.2. The summed E-state index contributed by atoms with van der Waals surface area (Å²) >= 11 is 1.31. The van der Waals surface area contributed by atoms with Gasteiger partial charge in [-0.15, -0.1) is 10.2 Å². The standard InChI is InChI=1S/C20H27N3O2S/c1-12-7-5-9-16(11-12)19-22-23-20(25-19)26-15(4)18(24)21-17-10-6-8-13(2)14(17)3/h5,7,9,11,13-15,17H,6,8,10H2,1-4H3,(H,21,24)/t13-,14-,15-,17-/m0/s1. The molecule has 26 heavy (non-hydrogen) atoms. The minimum atomic E-state index is -0.273. The van der Waals surface area contributed by atoms with Crippen LogP contribution in [0, 0.1) is 18.8 Å². The Bertz CT molecular complexity index is 761. The van der Waals surface area contributed by atoms with E-state index in [4.69, 9.17) is 4.42 Å². The van der Waals surface area contributed by atoms with Gasteiger partial charge >= 0.3 is 0 Å². The summed E-state index contributed by atoms with van der Waals surface area (Å²) < 4.78 is 5.73. The van der Waals surface area contributed by atoms with Gasteiger partial charge in [0.2, 0.25) is 11.8 Å². The summed E-state index contributed by atoms with van der Waals surface area (Å²) in [6.07, 6.45) is 3.50. The Morgan fingerprint density at radius 2 is 2.12 bits per heavy atom. The van der Waals surface area contributed by atoms with E-state index in [0.29, 0.717) is 22.9 Å². The Morgan fingerprint density at radius 1 is 1.31 bits per heavy atom. The van der Waals surface area contributed by atoms with Gasteiger partial charge in [0.15, 0.2) is 0 Å². The topological polar surface area (TPSA) is 68.0 Å². The van der Waals surface area contributed by atoms with Gasteiger partial charge < -0.3 is 9.73 Å². The summed E-state index contributed by atoms with van der Waals surface area (Å²) in [7, 11) is 0. The lowest BCUT2D eigenvalue weighted by atomic mass is 9.78. The molecule has 3 rings (SSSR count). The fraction of sp³-hybridized carbons (Fsp3) is 0.550. The smallest absolute Gasteiger partial charge is 0.277 e. The average Bonchev–Trinajstić information content (AvgIpc) is 3.07. The van der Waals surface area contributed by atoms with E-state index in [-0.39, 0.29) is 17.2 Å². The summed E-state index contributed by atoms with van der Waals surface area (Å²) in [5, 5.41) is 11.6. The first kappa shape index (κ1) is 19.0. The molecule has 1 fully saturated rings. The van der Waals surface area contributed by atoms with Crippen molar-refractivity contribution in [2.24, 2.45) is 11.8 Å². The van der Waals surface area contributed by atoms with Gasteiger partial charge in [0.1, 0.15) is 0 Å². The zero-order chi connectivity index (χ0) is 18.7. The number of rotatable bonds is 5. The lowest BCUT2D eigenvalue weighted by Crippen LogP contribution is -2.46. The van der Waals surface area contributed by atoms with E-state index in [9.17, 15) is 4.79 Å². The predicted octanol–water partition coefficient (Wildman–Crippen LogP) is 4.47. The molecule has 1 aromatic heterocycles. The Kier molecular flexibility index (Phi) is 6.01. The summed E-state index contributed by atoms with van der Waals surface area (Å²) in [5.41, 5.74) is 2.03. The third-order valence-electron chi connectivity index (χ3n) is 5.35. The van der Waals surface area contributed by atoms with Crippen LogP contribution in [-0.2, 0) is 4.79 Å². The number of aromatic nitrogens is 2. The highest BCUT2D eigenvalue weighted by Crippen LogP contribution is 2.31. The van der Waals surface area contributed by atoms with Crippen molar-refractivity contribution in [3.8, 4) is 11.5 Å². The van der Waals surface area contributed by atoms with Crippen LogP contribution in [-0.4, -0.2) is 27.4 Å². The number of benzene rings is 1. The molecule has 1 aliphatic rings. The Labute approximate surface area is 159 Å². The fourth-order valence-corrected chi connectivity index (χ4v) is 4.14. The first-order chi connectivity index (χ1) is 12.4. The van der Waals surface area contributed by atoms with Crippen molar-refractivity contribution < 1.29 is 9.21 Å². The molecule has 1 amide bonds. The van der Waals surface area contributed by atoms with Crippen LogP contribution in [0.4, 0.5) is 0 Å². The molecule has 0 bridgehead atoms. The molecule has 1 N–H and O–H groups in total. The van der Waals surface area contributed by atoms with Gasteiger partial charge in [0.05, 0.1) is 5.25 Å². The number of aryl methyl sites for hydroxylation is 1. The van der Waals surface area contributed by atoms with Crippen molar-refractivity contribution >= 4 is 17.7 Å². The van der Waals surface area contributed by atoms with E-state index in [2.05, 4.69) is 29.4 Å². The minimum Gasteiger partial charge on any atom is -0.411 e. The number of amides is 1. The monoisotopic (exact) mass is 373 g/mol. The molecule has 6 heteroatoms. The largest absolute Gasteiger partial charge is 0.411 e. The van der Waals surface area contributed by atoms with Crippen molar-refractivity contribution in [3.63, 3.8) is 0 Å². The van der Waals surface area contributed by atoms with E-state index < -0.39 is 0 Å². The van der Waals surface area contributed by atoms with Gasteiger partial charge in [-0.25, -0.2) is 0 Å². The number of thioether (sulfide) groups is 1. The summed E-state index contributed by atoms with van der Waals surface area (Å²) in [6.45, 7) is 8.41. The van der Waals surface area contributed by atoms with E-state index >= 15 is 0 Å². The number of carbonyl (C=O) groups is 1. The molecule has 0 spiro atoms. The third kappa shape index (κ3) is 4.47. The predicted molar refractivity (Wildman–Crippen MR) is 104 cm³/mol. The maximum Gasteiger partial charge on any atom is 0.277 e. The molecule has 0 aliphatic heterocycles. The lowest BCUT2D eigenvalue weighted by molar-refractivity contribution is -0.121. The zero-order valence-corrected chi connectivity index (χ0v) is 16.7. The van der Waals surface area contributed by atoms with Crippen LogP contribution in [0.3, 0.4) is 0 Å². The molecule has 1 aromatic carbocycles. The van der Waals surface area contributed by atoms with Gasteiger partial charge in [-0.05, 0) is 44.2 Å². The second-order valence-electron chi connectivity index (χ2n) is 7.39. The Morgan fingerprint density at radius 3 is 2.88 bits per heavy atom. The van der Waals surface area contributed by atoms with E-state index in [1.807, 2.05) is 38.1 Å². The van der Waals surface area contributed by atoms with Gasteiger partial charge in [-0.1, -0.05) is 56.1 Å². The van der Waals surface area contributed by atoms with Gasteiger partial charge in [0.25, 0.3) is 5.22 Å². The highest BCUT2D eigenvalue weighted by atomic mass is 32.2. The van der Waals surface area contributed by atoms with Crippen LogP contribution in [0.15, 0.2) is 33.9 Å². The fourth-order valence-electron chi connectivity index (χ4n) is 3.44. The maximum absolute atomic E-state index is 12.6. The summed E-state index contributed by atoms with van der Waals surface area (Å²) in [4.78, 5) is 12.6. The summed E-state index contributed by atoms with van der Waals surface area (Å²) in [6, 6.07) is 8.19. The van der Waals surface area contributed by atoms with Crippen molar-refractivity contribution in [2.45, 2.75) is 63.5 Å². The molecule has 1 aliphatic carbocycles. The highest BCUT2D eigenvalue weighted by Gasteiger charge is 2.29. The SMILES string of the molecule is Cc1cccc(-c2nnc(S[C@@H](C)C(=O)N[C@H]3CCC[C@H](C)[C@@H]3C)o2)c1. The number of hydrogen-bond acceptors (Lipinski definition) is 5. The molecule has 1 saturated carbocycles. The lowest BCUT2D eigenvalue weighted by Gasteiger charge is -2.35. The van der Waals surface area contributed by atoms with Gasteiger partial charge in [0, 0.05) is 11.6 Å². The number of nitrogens with one attached hydrogen (secondary N) is 1. The molecule has 0 unspecified atom stereocenters. The van der Waals surface area contributed by atoms with Crippen LogP contribution in [0.1, 0.15) is 45.6 Å². The average molecular weight is 374 g/mol. The molecule has 0 saturated heterocycles. The van der Waals surface area contributed by atoms with Crippen molar-refractivity contribution in [2.75, 3.05) is 0 Å². The van der Waals surface area contributed by atoms with Crippen LogP contribution in [0.2, 0.25) is 0 Å². The number of nitrogens with zero attached hydrogens (tertiary/aromatic N) is 2. The number of carbonyl (C=O) groups excluding carboxylic acids is 1. The minimum absolute atomic E-state index is 0.0382. The molecular weight excluding hydrogens is 346 g/mol. The van der Waals surface area contributed by atoms with Crippen LogP contribution >= 0.6 is 11.8 Å². The quantitative estimate of drug-likeness (QED) is 0.783. The molecule has 4 atom stereocenters. The highest BCUT2D eigenvalue weighted by molar-refractivity contribution is 8.00. The molecule has 2 aromatic rings. The van der Waals surface area contributed by atoms with Gasteiger partial charge in [-0.2, -0.15) is 0 Å². The molecule has 1 heterocycles. The maximum atomic E-state index is 12.6.